The van der Waals surface area contributed by atoms with Crippen LogP contribution in [0.1, 0.15) is 13.3 Å². The Morgan fingerprint density at radius 1 is 1.71 bits per heavy atom. The molecule has 0 saturated carbocycles. The van der Waals surface area contributed by atoms with Crippen LogP contribution in [0.15, 0.2) is 24.0 Å². The van der Waals surface area contributed by atoms with Crippen LogP contribution in [0, 0.1) is 0 Å². The van der Waals surface area contributed by atoms with Crippen molar-refractivity contribution in [2.45, 2.75) is 13.3 Å². The summed E-state index contributed by atoms with van der Waals surface area (Å²) in [6.07, 6.45) is 6.18. The highest BCUT2D eigenvalue weighted by molar-refractivity contribution is 5.66. The lowest BCUT2D eigenvalue weighted by Gasteiger charge is -2.27. The van der Waals surface area contributed by atoms with Crippen LogP contribution in [0.5, 0.6) is 0 Å². The van der Waals surface area contributed by atoms with Crippen LogP contribution >= 0.6 is 0 Å². The van der Waals surface area contributed by atoms with Crippen LogP contribution in [0.25, 0.3) is 0 Å². The molecule has 2 N–H and O–H groups in total. The number of rotatable bonds is 5. The van der Waals surface area contributed by atoms with Gasteiger partial charge in [-0.15, -0.1) is 0 Å². The largest absolute Gasteiger partial charge is 0.481 e. The summed E-state index contributed by atoms with van der Waals surface area (Å²) in [5.74, 6) is 0.240. The minimum Gasteiger partial charge on any atom is -0.481 e. The van der Waals surface area contributed by atoms with Gasteiger partial charge in [0.1, 0.15) is 5.82 Å². The third-order valence-corrected chi connectivity index (χ3v) is 2.08. The van der Waals surface area contributed by atoms with Crippen LogP contribution < -0.4 is 5.32 Å². The zero-order chi connectivity index (χ0) is 10.4. The fraction of sp³-hybridized carbons (Fsp3) is 0.500. The number of hydrogen-bond donors (Lipinski definition) is 2. The first-order chi connectivity index (χ1) is 6.74. The van der Waals surface area contributed by atoms with Crippen molar-refractivity contribution >= 4 is 5.97 Å². The molecular weight excluding hydrogens is 180 g/mol. The fourth-order valence-corrected chi connectivity index (χ4v) is 1.32. The van der Waals surface area contributed by atoms with Crippen LogP contribution in [0.4, 0.5) is 0 Å². The van der Waals surface area contributed by atoms with Gasteiger partial charge in [0, 0.05) is 19.6 Å². The van der Waals surface area contributed by atoms with E-state index >= 15 is 0 Å². The maximum atomic E-state index is 10.3. The summed E-state index contributed by atoms with van der Waals surface area (Å²) in [5, 5.41) is 11.6. The number of likely N-dealkylation sites (N-methyl/N-ethyl adjacent to an activating group) is 1. The van der Waals surface area contributed by atoms with Gasteiger partial charge in [0.2, 0.25) is 0 Å². The van der Waals surface area contributed by atoms with E-state index < -0.39 is 5.97 Å². The van der Waals surface area contributed by atoms with Gasteiger partial charge in [-0.2, -0.15) is 0 Å². The van der Waals surface area contributed by atoms with Crippen LogP contribution in [0.3, 0.4) is 0 Å². The highest BCUT2D eigenvalue weighted by Crippen LogP contribution is 2.05. The number of hydrogen-bond acceptors (Lipinski definition) is 3. The Balaban J connectivity index is 2.37. The van der Waals surface area contributed by atoms with Crippen molar-refractivity contribution in [2.75, 3.05) is 19.6 Å². The van der Waals surface area contributed by atoms with Gasteiger partial charge in [0.25, 0.3) is 0 Å². The molecule has 0 atom stereocenters. The lowest BCUT2D eigenvalue weighted by molar-refractivity contribution is -0.136. The molecule has 78 valence electrons. The molecule has 0 aromatic rings. The Morgan fingerprint density at radius 3 is 3.14 bits per heavy atom. The van der Waals surface area contributed by atoms with Gasteiger partial charge >= 0.3 is 5.97 Å². The number of carboxylic acids is 1. The monoisotopic (exact) mass is 196 g/mol. The molecule has 0 aliphatic carbocycles. The number of carbonyl (C=O) groups is 1. The van der Waals surface area contributed by atoms with E-state index in [1.54, 1.807) is 0 Å². The van der Waals surface area contributed by atoms with Crippen LogP contribution in [-0.2, 0) is 4.79 Å². The van der Waals surface area contributed by atoms with E-state index in [0.29, 0.717) is 6.54 Å². The SMILES string of the molecule is CCN1CC=CC=C1NCCC(=O)O. The average molecular weight is 196 g/mol. The summed E-state index contributed by atoms with van der Waals surface area (Å²) >= 11 is 0. The van der Waals surface area contributed by atoms with Crippen molar-refractivity contribution in [2.24, 2.45) is 0 Å². The molecule has 0 amide bonds. The zero-order valence-corrected chi connectivity index (χ0v) is 8.36. The highest BCUT2D eigenvalue weighted by Gasteiger charge is 2.07. The van der Waals surface area contributed by atoms with Crippen molar-refractivity contribution in [1.29, 1.82) is 0 Å². The predicted molar refractivity (Wildman–Crippen MR) is 54.7 cm³/mol. The van der Waals surface area contributed by atoms with E-state index in [0.717, 1.165) is 18.9 Å². The summed E-state index contributed by atoms with van der Waals surface area (Å²) in [5.41, 5.74) is 0. The lowest BCUT2D eigenvalue weighted by atomic mass is 10.3. The first kappa shape index (κ1) is 10.6. The smallest absolute Gasteiger partial charge is 0.305 e. The Morgan fingerprint density at radius 2 is 2.50 bits per heavy atom. The molecule has 0 bridgehead atoms. The van der Waals surface area contributed by atoms with Gasteiger partial charge in [0.05, 0.1) is 6.42 Å². The Kier molecular flexibility index (Phi) is 4.04. The third-order valence-electron chi connectivity index (χ3n) is 2.08. The minimum absolute atomic E-state index is 0.151. The molecule has 4 nitrogen and oxygen atoms in total. The number of nitrogens with one attached hydrogen (secondary N) is 1. The summed E-state index contributed by atoms with van der Waals surface area (Å²) in [6, 6.07) is 0. The molecule has 1 aliphatic heterocycles. The molecule has 1 aliphatic rings. The molecule has 4 heteroatoms. The predicted octanol–water partition coefficient (Wildman–Crippen LogP) is 0.784. The molecular formula is C10H16N2O2. The average Bonchev–Trinajstić information content (AvgIpc) is 2.18. The molecule has 0 unspecified atom stereocenters. The molecule has 0 radical (unpaired) electrons. The molecule has 1 rings (SSSR count). The maximum absolute atomic E-state index is 10.3. The number of aliphatic carboxylic acids is 1. The molecule has 0 aromatic carbocycles. The Hall–Kier alpha value is -1.45. The van der Waals surface area contributed by atoms with Crippen molar-refractivity contribution < 1.29 is 9.90 Å². The Labute approximate surface area is 83.9 Å². The van der Waals surface area contributed by atoms with E-state index in [1.807, 2.05) is 12.2 Å². The minimum atomic E-state index is -0.771. The quantitative estimate of drug-likeness (QED) is 0.682. The normalized spacial score (nSPS) is 15.2. The van der Waals surface area contributed by atoms with Gasteiger partial charge < -0.3 is 15.3 Å². The molecule has 0 aromatic heterocycles. The molecule has 0 fully saturated rings. The van der Waals surface area contributed by atoms with Gasteiger partial charge in [0.15, 0.2) is 0 Å². The third kappa shape index (κ3) is 3.12. The first-order valence-electron chi connectivity index (χ1n) is 4.81. The van der Waals surface area contributed by atoms with E-state index in [1.165, 1.54) is 0 Å². The summed E-state index contributed by atoms with van der Waals surface area (Å²) < 4.78 is 0. The number of nitrogens with zero attached hydrogens (tertiary/aromatic N) is 1. The van der Waals surface area contributed by atoms with Gasteiger partial charge in [-0.3, -0.25) is 4.79 Å². The van der Waals surface area contributed by atoms with Crippen molar-refractivity contribution in [3.8, 4) is 0 Å². The highest BCUT2D eigenvalue weighted by atomic mass is 16.4. The molecule has 0 saturated heterocycles. The molecule has 14 heavy (non-hydrogen) atoms. The first-order valence-corrected chi connectivity index (χ1v) is 4.81. The fourth-order valence-electron chi connectivity index (χ4n) is 1.32. The summed E-state index contributed by atoms with van der Waals surface area (Å²) in [7, 11) is 0. The van der Waals surface area contributed by atoms with E-state index in [-0.39, 0.29) is 6.42 Å². The second-order valence-corrected chi connectivity index (χ2v) is 3.09. The van der Waals surface area contributed by atoms with Crippen molar-refractivity contribution in [3.63, 3.8) is 0 Å². The topological polar surface area (TPSA) is 52.6 Å². The summed E-state index contributed by atoms with van der Waals surface area (Å²) in [4.78, 5) is 12.5. The van der Waals surface area contributed by atoms with Crippen LogP contribution in [0.2, 0.25) is 0 Å². The van der Waals surface area contributed by atoms with Gasteiger partial charge in [-0.25, -0.2) is 0 Å². The molecule has 1 heterocycles. The zero-order valence-electron chi connectivity index (χ0n) is 8.36. The standard InChI is InChI=1S/C10H16N2O2/c1-2-12-8-4-3-5-9(12)11-7-6-10(13)14/h3-5,11H,2,6-8H2,1H3,(H,13,14). The maximum Gasteiger partial charge on any atom is 0.305 e. The van der Waals surface area contributed by atoms with E-state index in [9.17, 15) is 4.79 Å². The van der Waals surface area contributed by atoms with Gasteiger partial charge in [-0.05, 0) is 13.0 Å². The second kappa shape index (κ2) is 5.32. The van der Waals surface area contributed by atoms with Crippen molar-refractivity contribution in [3.05, 3.63) is 24.0 Å². The number of allylic oxidation sites excluding steroid dienone is 2. The van der Waals surface area contributed by atoms with Crippen LogP contribution in [-0.4, -0.2) is 35.6 Å². The van der Waals surface area contributed by atoms with Crippen molar-refractivity contribution in [1.82, 2.24) is 10.2 Å². The van der Waals surface area contributed by atoms with Gasteiger partial charge in [-0.1, -0.05) is 12.2 Å². The van der Waals surface area contributed by atoms with E-state index in [4.69, 9.17) is 5.11 Å². The number of carboxylic acid groups (broad SMARTS) is 1. The molecule has 0 spiro atoms. The second-order valence-electron chi connectivity index (χ2n) is 3.09. The summed E-state index contributed by atoms with van der Waals surface area (Å²) in [6.45, 7) is 4.37. The Bertz CT molecular complexity index is 259. The van der Waals surface area contributed by atoms with E-state index in [2.05, 4.69) is 23.2 Å². The lowest BCUT2D eigenvalue weighted by Crippen LogP contribution is -2.34.